The molecular weight excluding hydrogens is 228 g/mol. The molecule has 1 aromatic heterocycles. The number of nitrogen functional groups attached to an aromatic ring is 1. The smallest absolute Gasteiger partial charge is 0.256 e. The van der Waals surface area contributed by atoms with Crippen molar-refractivity contribution in [3.05, 3.63) is 41.6 Å². The van der Waals surface area contributed by atoms with Crippen LogP contribution in [0.2, 0.25) is 0 Å². The van der Waals surface area contributed by atoms with Gasteiger partial charge in [-0.25, -0.2) is 0 Å². The molecule has 94 valence electrons. The van der Waals surface area contributed by atoms with E-state index in [-0.39, 0.29) is 5.91 Å². The number of carbonyl (C=O) groups excluding carboxylic acids is 1. The molecule has 2 aromatic rings. The number of aryl methyl sites for hydroxylation is 2. The second-order valence-corrected chi connectivity index (χ2v) is 4.14. The minimum Gasteiger partial charge on any atom is -0.399 e. The fourth-order valence-corrected chi connectivity index (χ4v) is 1.74. The molecule has 1 heterocycles. The van der Waals surface area contributed by atoms with Gasteiger partial charge in [-0.1, -0.05) is 0 Å². The number of hydrogen-bond acceptors (Lipinski definition) is 3. The quantitative estimate of drug-likeness (QED) is 0.811. The van der Waals surface area contributed by atoms with Crippen molar-refractivity contribution in [3.63, 3.8) is 0 Å². The Morgan fingerprint density at radius 1 is 1.44 bits per heavy atom. The summed E-state index contributed by atoms with van der Waals surface area (Å²) in [7, 11) is 0. The van der Waals surface area contributed by atoms with E-state index in [4.69, 9.17) is 5.73 Å². The van der Waals surface area contributed by atoms with Crippen LogP contribution in [0, 0.1) is 6.92 Å². The Morgan fingerprint density at radius 2 is 2.22 bits per heavy atom. The third kappa shape index (κ3) is 2.68. The van der Waals surface area contributed by atoms with Crippen LogP contribution < -0.4 is 11.1 Å². The number of nitrogens with zero attached hydrogens (tertiary/aromatic N) is 2. The van der Waals surface area contributed by atoms with Gasteiger partial charge in [-0.2, -0.15) is 5.10 Å². The summed E-state index contributed by atoms with van der Waals surface area (Å²) in [5, 5.41) is 6.93. The maximum absolute atomic E-state index is 12.0. The molecule has 0 atom stereocenters. The van der Waals surface area contributed by atoms with Gasteiger partial charge in [0.2, 0.25) is 0 Å². The third-order valence-corrected chi connectivity index (χ3v) is 2.57. The molecule has 0 aliphatic heterocycles. The van der Waals surface area contributed by atoms with Crippen LogP contribution in [-0.4, -0.2) is 15.7 Å². The van der Waals surface area contributed by atoms with E-state index in [0.717, 1.165) is 12.1 Å². The minimum absolute atomic E-state index is 0.202. The van der Waals surface area contributed by atoms with Gasteiger partial charge in [-0.05, 0) is 37.6 Å². The van der Waals surface area contributed by atoms with Crippen LogP contribution in [0.5, 0.6) is 0 Å². The van der Waals surface area contributed by atoms with Crippen LogP contribution in [0.3, 0.4) is 0 Å². The molecule has 0 saturated heterocycles. The van der Waals surface area contributed by atoms with Gasteiger partial charge in [0.05, 0.1) is 0 Å². The number of benzene rings is 1. The Labute approximate surface area is 106 Å². The third-order valence-electron chi connectivity index (χ3n) is 2.57. The molecule has 18 heavy (non-hydrogen) atoms. The highest BCUT2D eigenvalue weighted by Gasteiger charge is 2.08. The number of anilines is 2. The van der Waals surface area contributed by atoms with Gasteiger partial charge in [0, 0.05) is 30.1 Å². The number of carbonyl (C=O) groups is 1. The molecule has 0 unspecified atom stereocenters. The molecule has 0 fully saturated rings. The van der Waals surface area contributed by atoms with Gasteiger partial charge in [0.1, 0.15) is 0 Å². The summed E-state index contributed by atoms with van der Waals surface area (Å²) < 4.78 is 1.75. The number of amides is 1. The molecule has 5 nitrogen and oxygen atoms in total. The van der Waals surface area contributed by atoms with Crippen LogP contribution in [0.1, 0.15) is 22.8 Å². The van der Waals surface area contributed by atoms with E-state index in [2.05, 4.69) is 10.4 Å². The number of rotatable bonds is 3. The zero-order valence-corrected chi connectivity index (χ0v) is 10.5. The van der Waals surface area contributed by atoms with Gasteiger partial charge >= 0.3 is 0 Å². The van der Waals surface area contributed by atoms with E-state index < -0.39 is 0 Å². The minimum atomic E-state index is -0.202. The summed E-state index contributed by atoms with van der Waals surface area (Å²) in [6, 6.07) is 7.03. The first kappa shape index (κ1) is 12.2. The number of nitrogens with two attached hydrogens (primary N) is 1. The van der Waals surface area contributed by atoms with Crippen molar-refractivity contribution in [1.29, 1.82) is 0 Å². The van der Waals surface area contributed by atoms with Crippen molar-refractivity contribution in [1.82, 2.24) is 9.78 Å². The first-order valence-corrected chi connectivity index (χ1v) is 5.80. The maximum Gasteiger partial charge on any atom is 0.256 e. The van der Waals surface area contributed by atoms with Crippen LogP contribution in [0.25, 0.3) is 0 Å². The summed E-state index contributed by atoms with van der Waals surface area (Å²) in [6.07, 6.45) is 1.82. The summed E-state index contributed by atoms with van der Waals surface area (Å²) in [5.74, 6) is 0.341. The molecular formula is C13H16N4O. The zero-order valence-electron chi connectivity index (χ0n) is 10.5. The molecule has 0 spiro atoms. The Balaban J connectivity index is 2.16. The number of nitrogens with one attached hydrogen (secondary N) is 1. The van der Waals surface area contributed by atoms with E-state index in [1.807, 2.05) is 26.1 Å². The summed E-state index contributed by atoms with van der Waals surface area (Å²) in [4.78, 5) is 12.0. The number of aromatic nitrogens is 2. The predicted molar refractivity (Wildman–Crippen MR) is 71.4 cm³/mol. The first-order chi connectivity index (χ1) is 8.58. The molecule has 1 amide bonds. The number of hydrogen-bond donors (Lipinski definition) is 2. The maximum atomic E-state index is 12.0. The highest BCUT2D eigenvalue weighted by molar-refractivity contribution is 6.04. The Morgan fingerprint density at radius 3 is 2.83 bits per heavy atom. The van der Waals surface area contributed by atoms with Crippen molar-refractivity contribution in [2.75, 3.05) is 11.1 Å². The molecule has 1 aromatic carbocycles. The van der Waals surface area contributed by atoms with Crippen LogP contribution in [0.15, 0.2) is 30.5 Å². The topological polar surface area (TPSA) is 72.9 Å². The lowest BCUT2D eigenvalue weighted by molar-refractivity contribution is 0.102. The van der Waals surface area contributed by atoms with E-state index in [0.29, 0.717) is 17.1 Å². The molecule has 0 saturated carbocycles. The van der Waals surface area contributed by atoms with Crippen molar-refractivity contribution in [2.24, 2.45) is 0 Å². The highest BCUT2D eigenvalue weighted by Crippen LogP contribution is 2.13. The Bertz CT molecular complexity index is 554. The summed E-state index contributed by atoms with van der Waals surface area (Å²) in [6.45, 7) is 4.66. The van der Waals surface area contributed by atoms with Crippen molar-refractivity contribution >= 4 is 17.4 Å². The van der Waals surface area contributed by atoms with Gasteiger partial charge in [-0.3, -0.25) is 9.48 Å². The van der Waals surface area contributed by atoms with E-state index in [1.54, 1.807) is 22.9 Å². The first-order valence-electron chi connectivity index (χ1n) is 5.80. The normalized spacial score (nSPS) is 10.3. The summed E-state index contributed by atoms with van der Waals surface area (Å²) >= 11 is 0. The lowest BCUT2D eigenvalue weighted by Gasteiger charge is -2.04. The van der Waals surface area contributed by atoms with E-state index >= 15 is 0 Å². The average Bonchev–Trinajstić information content (AvgIpc) is 2.75. The molecule has 2 rings (SSSR count). The molecule has 0 aliphatic rings. The molecule has 5 heteroatoms. The van der Waals surface area contributed by atoms with Gasteiger partial charge in [0.15, 0.2) is 5.82 Å². The lowest BCUT2D eigenvalue weighted by atomic mass is 10.1. The van der Waals surface area contributed by atoms with E-state index in [1.165, 1.54) is 0 Å². The van der Waals surface area contributed by atoms with Crippen LogP contribution in [-0.2, 0) is 6.54 Å². The Kier molecular flexibility index (Phi) is 3.32. The molecule has 0 aliphatic carbocycles. The van der Waals surface area contributed by atoms with Crippen LogP contribution >= 0.6 is 0 Å². The fraction of sp³-hybridized carbons (Fsp3) is 0.231. The monoisotopic (exact) mass is 244 g/mol. The SMILES string of the molecule is CCn1ccc(NC(=O)c2cc(C)cc(N)c2)n1. The molecule has 0 radical (unpaired) electrons. The van der Waals surface area contributed by atoms with Gasteiger partial charge in [0.25, 0.3) is 5.91 Å². The van der Waals surface area contributed by atoms with E-state index in [9.17, 15) is 4.79 Å². The van der Waals surface area contributed by atoms with Gasteiger partial charge < -0.3 is 11.1 Å². The van der Waals surface area contributed by atoms with Crippen molar-refractivity contribution < 1.29 is 4.79 Å². The Hall–Kier alpha value is -2.30. The van der Waals surface area contributed by atoms with Crippen molar-refractivity contribution in [3.8, 4) is 0 Å². The second-order valence-electron chi connectivity index (χ2n) is 4.14. The fourth-order valence-electron chi connectivity index (χ4n) is 1.74. The largest absolute Gasteiger partial charge is 0.399 e. The molecule has 0 bridgehead atoms. The summed E-state index contributed by atoms with van der Waals surface area (Å²) in [5.41, 5.74) is 7.80. The zero-order chi connectivity index (χ0) is 13.1. The predicted octanol–water partition coefficient (Wildman–Crippen LogP) is 2.05. The van der Waals surface area contributed by atoms with Gasteiger partial charge in [-0.15, -0.1) is 0 Å². The standard InChI is InChI=1S/C13H16N4O/c1-3-17-5-4-12(16-17)15-13(18)10-6-9(2)7-11(14)8-10/h4-8H,3,14H2,1-2H3,(H,15,16,18). The lowest BCUT2D eigenvalue weighted by Crippen LogP contribution is -2.13. The van der Waals surface area contributed by atoms with Crippen LogP contribution in [0.4, 0.5) is 11.5 Å². The highest BCUT2D eigenvalue weighted by atomic mass is 16.1. The second kappa shape index (κ2) is 4.91. The van der Waals surface area contributed by atoms with Crippen molar-refractivity contribution in [2.45, 2.75) is 20.4 Å². The molecule has 3 N–H and O–H groups in total. The average molecular weight is 244 g/mol.